The summed E-state index contributed by atoms with van der Waals surface area (Å²) in [5, 5.41) is 3.11. The van der Waals surface area contributed by atoms with Gasteiger partial charge >= 0.3 is 5.97 Å². The first-order valence-corrected chi connectivity index (χ1v) is 5.97. The molecule has 0 aliphatic heterocycles. The van der Waals surface area contributed by atoms with Gasteiger partial charge in [-0.2, -0.15) is 0 Å². The Morgan fingerprint density at radius 2 is 2.05 bits per heavy atom. The molecule has 6 heteroatoms. The minimum atomic E-state index is -0.389. The normalized spacial score (nSPS) is 10.2. The Bertz CT molecular complexity index is 410. The second kappa shape index (κ2) is 8.34. The number of carbonyl (C=O) groups excluding carboxylic acids is 1. The van der Waals surface area contributed by atoms with E-state index in [2.05, 4.69) is 10.1 Å². The fraction of sp³-hybridized carbons (Fsp3) is 0.462. The monoisotopic (exact) mass is 268 g/mol. The number of methoxy groups -OCH3 is 2. The van der Waals surface area contributed by atoms with Crippen molar-refractivity contribution in [2.24, 2.45) is 0 Å². The molecule has 6 nitrogen and oxygen atoms in total. The van der Waals surface area contributed by atoms with Gasteiger partial charge in [0.05, 0.1) is 43.9 Å². The first-order valence-electron chi connectivity index (χ1n) is 5.97. The van der Waals surface area contributed by atoms with Gasteiger partial charge in [-0.05, 0) is 18.2 Å². The van der Waals surface area contributed by atoms with Crippen LogP contribution in [0.25, 0.3) is 0 Å². The predicted octanol–water partition coefficient (Wildman–Crippen LogP) is 1.13. The number of hydrogen-bond donors (Lipinski definition) is 2. The molecule has 0 unspecified atom stereocenters. The van der Waals surface area contributed by atoms with Crippen LogP contribution in [-0.2, 0) is 14.2 Å². The Kier molecular flexibility index (Phi) is 6.70. The number of rotatable bonds is 8. The molecule has 1 aromatic carbocycles. The van der Waals surface area contributed by atoms with Gasteiger partial charge in [0, 0.05) is 13.7 Å². The zero-order valence-corrected chi connectivity index (χ0v) is 11.3. The molecule has 0 bridgehead atoms. The van der Waals surface area contributed by atoms with Crippen LogP contribution in [-0.4, -0.2) is 46.6 Å². The summed E-state index contributed by atoms with van der Waals surface area (Å²) < 4.78 is 14.8. The lowest BCUT2D eigenvalue weighted by Crippen LogP contribution is -2.13. The van der Waals surface area contributed by atoms with Gasteiger partial charge in [0.15, 0.2) is 0 Å². The van der Waals surface area contributed by atoms with E-state index in [0.717, 1.165) is 0 Å². The van der Waals surface area contributed by atoms with Crippen molar-refractivity contribution in [1.29, 1.82) is 0 Å². The van der Waals surface area contributed by atoms with E-state index in [1.165, 1.54) is 7.11 Å². The first kappa shape index (κ1) is 15.3. The summed E-state index contributed by atoms with van der Waals surface area (Å²) in [6.45, 7) is 2.25. The van der Waals surface area contributed by atoms with Crippen molar-refractivity contribution in [3.05, 3.63) is 23.8 Å². The van der Waals surface area contributed by atoms with E-state index in [0.29, 0.717) is 43.3 Å². The van der Waals surface area contributed by atoms with E-state index in [-0.39, 0.29) is 5.97 Å². The number of nitrogen functional groups attached to an aromatic ring is 1. The topological polar surface area (TPSA) is 82.8 Å². The lowest BCUT2D eigenvalue weighted by molar-refractivity contribution is 0.0601. The molecule has 0 spiro atoms. The molecule has 0 radical (unpaired) electrons. The van der Waals surface area contributed by atoms with E-state index < -0.39 is 0 Å². The van der Waals surface area contributed by atoms with Gasteiger partial charge in [-0.1, -0.05) is 0 Å². The molecular formula is C13H20N2O4. The van der Waals surface area contributed by atoms with Gasteiger partial charge in [-0.15, -0.1) is 0 Å². The lowest BCUT2D eigenvalue weighted by Gasteiger charge is -2.11. The van der Waals surface area contributed by atoms with Crippen LogP contribution >= 0.6 is 0 Å². The molecule has 0 atom stereocenters. The third-order valence-corrected chi connectivity index (χ3v) is 2.47. The number of carbonyl (C=O) groups is 1. The van der Waals surface area contributed by atoms with Gasteiger partial charge in [0.25, 0.3) is 0 Å². The minimum absolute atomic E-state index is 0.389. The zero-order chi connectivity index (χ0) is 14.1. The second-order valence-corrected chi connectivity index (χ2v) is 3.83. The number of ether oxygens (including phenoxy) is 3. The lowest BCUT2D eigenvalue weighted by atomic mass is 10.1. The molecule has 0 aliphatic rings. The Labute approximate surface area is 112 Å². The predicted molar refractivity (Wildman–Crippen MR) is 73.4 cm³/mol. The van der Waals surface area contributed by atoms with Crippen molar-refractivity contribution in [3.8, 4) is 0 Å². The maximum Gasteiger partial charge on any atom is 0.337 e. The molecule has 19 heavy (non-hydrogen) atoms. The van der Waals surface area contributed by atoms with E-state index in [1.54, 1.807) is 25.3 Å². The summed E-state index contributed by atoms with van der Waals surface area (Å²) in [5.74, 6) is -0.389. The average molecular weight is 268 g/mol. The van der Waals surface area contributed by atoms with Gasteiger partial charge in [-0.25, -0.2) is 4.79 Å². The van der Waals surface area contributed by atoms with Crippen LogP contribution in [0.3, 0.4) is 0 Å². The molecule has 0 heterocycles. The molecule has 0 aliphatic carbocycles. The van der Waals surface area contributed by atoms with Crippen LogP contribution in [0.1, 0.15) is 10.4 Å². The number of anilines is 2. The third kappa shape index (κ3) is 5.15. The van der Waals surface area contributed by atoms with E-state index >= 15 is 0 Å². The first-order chi connectivity index (χ1) is 9.19. The molecule has 0 aromatic heterocycles. The Hall–Kier alpha value is -1.79. The van der Waals surface area contributed by atoms with Crippen molar-refractivity contribution < 1.29 is 19.0 Å². The van der Waals surface area contributed by atoms with Crippen molar-refractivity contribution >= 4 is 17.3 Å². The SMILES string of the molecule is COCCOCCNc1cc(C(=O)OC)ccc1N. The molecule has 106 valence electrons. The van der Waals surface area contributed by atoms with Crippen molar-refractivity contribution in [2.75, 3.05) is 51.6 Å². The number of nitrogens with one attached hydrogen (secondary N) is 1. The van der Waals surface area contributed by atoms with Crippen LogP contribution in [0.2, 0.25) is 0 Å². The molecule has 3 N–H and O–H groups in total. The minimum Gasteiger partial charge on any atom is -0.465 e. The van der Waals surface area contributed by atoms with Gasteiger partial charge in [0.2, 0.25) is 0 Å². The molecule has 0 amide bonds. The van der Waals surface area contributed by atoms with E-state index in [9.17, 15) is 4.79 Å². The van der Waals surface area contributed by atoms with E-state index in [1.807, 2.05) is 0 Å². The molecule has 1 rings (SSSR count). The Morgan fingerprint density at radius 1 is 1.26 bits per heavy atom. The summed E-state index contributed by atoms with van der Waals surface area (Å²) in [6.07, 6.45) is 0. The maximum absolute atomic E-state index is 11.4. The Morgan fingerprint density at radius 3 is 2.74 bits per heavy atom. The highest BCUT2D eigenvalue weighted by molar-refractivity contribution is 5.91. The van der Waals surface area contributed by atoms with Crippen LogP contribution in [0, 0.1) is 0 Å². The fourth-order valence-corrected chi connectivity index (χ4v) is 1.46. The van der Waals surface area contributed by atoms with Crippen LogP contribution in [0.4, 0.5) is 11.4 Å². The molecule has 0 fully saturated rings. The molecule has 0 saturated heterocycles. The summed E-state index contributed by atoms with van der Waals surface area (Å²) in [4.78, 5) is 11.4. The highest BCUT2D eigenvalue weighted by Crippen LogP contribution is 2.20. The smallest absolute Gasteiger partial charge is 0.337 e. The average Bonchev–Trinajstić information content (AvgIpc) is 2.43. The van der Waals surface area contributed by atoms with Gasteiger partial charge in [0.1, 0.15) is 0 Å². The van der Waals surface area contributed by atoms with Crippen molar-refractivity contribution in [2.45, 2.75) is 0 Å². The standard InChI is InChI=1S/C13H20N2O4/c1-17-7-8-19-6-5-15-12-9-10(13(16)18-2)3-4-11(12)14/h3-4,9,15H,5-8,14H2,1-2H3. The zero-order valence-electron chi connectivity index (χ0n) is 11.3. The third-order valence-electron chi connectivity index (χ3n) is 2.47. The summed E-state index contributed by atoms with van der Waals surface area (Å²) in [6, 6.07) is 4.96. The summed E-state index contributed by atoms with van der Waals surface area (Å²) in [7, 11) is 2.97. The number of benzene rings is 1. The molecular weight excluding hydrogens is 248 g/mol. The fourth-order valence-electron chi connectivity index (χ4n) is 1.46. The number of nitrogens with two attached hydrogens (primary N) is 1. The highest BCUT2D eigenvalue weighted by atomic mass is 16.5. The van der Waals surface area contributed by atoms with Crippen LogP contribution < -0.4 is 11.1 Å². The molecule has 0 saturated carbocycles. The quantitative estimate of drug-likeness (QED) is 0.418. The maximum atomic E-state index is 11.4. The van der Waals surface area contributed by atoms with E-state index in [4.69, 9.17) is 15.2 Å². The molecule has 1 aromatic rings. The summed E-state index contributed by atoms with van der Waals surface area (Å²) >= 11 is 0. The highest BCUT2D eigenvalue weighted by Gasteiger charge is 2.07. The van der Waals surface area contributed by atoms with Crippen LogP contribution in [0.5, 0.6) is 0 Å². The van der Waals surface area contributed by atoms with Crippen molar-refractivity contribution in [3.63, 3.8) is 0 Å². The summed E-state index contributed by atoms with van der Waals surface area (Å²) in [5.41, 5.74) is 7.54. The van der Waals surface area contributed by atoms with Gasteiger partial charge in [-0.3, -0.25) is 0 Å². The largest absolute Gasteiger partial charge is 0.465 e. The second-order valence-electron chi connectivity index (χ2n) is 3.83. The van der Waals surface area contributed by atoms with Crippen molar-refractivity contribution in [1.82, 2.24) is 0 Å². The Balaban J connectivity index is 2.46. The number of esters is 1. The van der Waals surface area contributed by atoms with Crippen LogP contribution in [0.15, 0.2) is 18.2 Å². The number of hydrogen-bond acceptors (Lipinski definition) is 6. The van der Waals surface area contributed by atoms with Gasteiger partial charge < -0.3 is 25.3 Å².